The van der Waals surface area contributed by atoms with Crippen molar-refractivity contribution in [2.75, 3.05) is 32.1 Å². The van der Waals surface area contributed by atoms with Crippen LogP contribution in [0.5, 0.6) is 5.75 Å². The number of aromatic nitrogens is 3. The molecule has 4 rings (SSSR count). The Kier molecular flexibility index (Phi) is 7.49. The highest BCUT2D eigenvalue weighted by atomic mass is 32.2. The van der Waals surface area contributed by atoms with E-state index in [0.29, 0.717) is 44.9 Å². The normalized spacial score (nSPS) is 14.4. The summed E-state index contributed by atoms with van der Waals surface area (Å²) in [4.78, 5) is 31.0. The predicted molar refractivity (Wildman–Crippen MR) is 126 cm³/mol. The maximum atomic E-state index is 12.7. The van der Waals surface area contributed by atoms with Gasteiger partial charge in [0.15, 0.2) is 0 Å². The van der Waals surface area contributed by atoms with Crippen LogP contribution in [0.1, 0.15) is 26.7 Å². The second-order valence-corrected chi connectivity index (χ2v) is 8.71. The Bertz CT molecular complexity index is 1110. The van der Waals surface area contributed by atoms with Crippen LogP contribution in [0.4, 0.5) is 0 Å². The van der Waals surface area contributed by atoms with Crippen LogP contribution in [0.2, 0.25) is 0 Å². The first-order valence-electron chi connectivity index (χ1n) is 11.2. The Morgan fingerprint density at radius 1 is 1.12 bits per heavy atom. The van der Waals surface area contributed by atoms with Gasteiger partial charge in [-0.2, -0.15) is 5.10 Å². The standard InChI is InChI=1S/C24H28N4O4S/c1-3-31-19-7-5-17(6-8-19)20-15-21-23(25-11-14-28(21)26-20)33-16-22(29)27-12-9-18(10-13-27)24(30)32-4-2/h5-8,11,14-15,18H,3-4,9-10,12-13,16H2,1-2H3. The van der Waals surface area contributed by atoms with Gasteiger partial charge in [-0.05, 0) is 57.0 Å². The van der Waals surface area contributed by atoms with Crippen molar-refractivity contribution in [2.24, 2.45) is 5.92 Å². The maximum absolute atomic E-state index is 12.7. The van der Waals surface area contributed by atoms with E-state index in [-0.39, 0.29) is 17.8 Å². The van der Waals surface area contributed by atoms with E-state index in [2.05, 4.69) is 10.1 Å². The first-order valence-corrected chi connectivity index (χ1v) is 12.2. The van der Waals surface area contributed by atoms with E-state index in [4.69, 9.17) is 9.47 Å². The molecule has 1 aromatic carbocycles. The summed E-state index contributed by atoms with van der Waals surface area (Å²) in [5.74, 6) is 0.911. The van der Waals surface area contributed by atoms with E-state index in [9.17, 15) is 9.59 Å². The smallest absolute Gasteiger partial charge is 0.309 e. The Hall–Kier alpha value is -3.07. The maximum Gasteiger partial charge on any atom is 0.309 e. The van der Waals surface area contributed by atoms with Crippen LogP contribution in [0.25, 0.3) is 16.8 Å². The van der Waals surface area contributed by atoms with Gasteiger partial charge in [-0.3, -0.25) is 9.59 Å². The van der Waals surface area contributed by atoms with Gasteiger partial charge in [0, 0.05) is 31.0 Å². The number of carbonyl (C=O) groups is 2. The van der Waals surface area contributed by atoms with Gasteiger partial charge in [0.1, 0.15) is 10.8 Å². The van der Waals surface area contributed by atoms with Gasteiger partial charge in [0.25, 0.3) is 0 Å². The molecule has 0 atom stereocenters. The topological polar surface area (TPSA) is 86.0 Å². The lowest BCUT2D eigenvalue weighted by molar-refractivity contribution is -0.151. The molecule has 9 heteroatoms. The number of piperidine rings is 1. The minimum atomic E-state index is -0.154. The molecule has 3 aromatic rings. The van der Waals surface area contributed by atoms with E-state index >= 15 is 0 Å². The number of likely N-dealkylation sites (tertiary alicyclic amines) is 1. The van der Waals surface area contributed by atoms with Crippen molar-refractivity contribution >= 4 is 29.2 Å². The van der Waals surface area contributed by atoms with Crippen molar-refractivity contribution in [1.82, 2.24) is 19.5 Å². The number of hydrogen-bond acceptors (Lipinski definition) is 7. The van der Waals surface area contributed by atoms with Crippen molar-refractivity contribution in [1.29, 1.82) is 0 Å². The van der Waals surface area contributed by atoms with Gasteiger partial charge in [0.05, 0.1) is 36.1 Å². The molecule has 2 aromatic heterocycles. The molecule has 1 amide bonds. The number of rotatable bonds is 8. The molecule has 0 aliphatic carbocycles. The fourth-order valence-electron chi connectivity index (χ4n) is 3.89. The molecule has 8 nitrogen and oxygen atoms in total. The monoisotopic (exact) mass is 468 g/mol. The minimum absolute atomic E-state index is 0.0531. The molecule has 1 fully saturated rings. The van der Waals surface area contributed by atoms with Gasteiger partial charge >= 0.3 is 5.97 Å². The van der Waals surface area contributed by atoms with E-state index in [1.54, 1.807) is 16.9 Å². The Morgan fingerprint density at radius 3 is 2.58 bits per heavy atom. The van der Waals surface area contributed by atoms with Gasteiger partial charge in [0.2, 0.25) is 5.91 Å². The number of hydrogen-bond donors (Lipinski definition) is 0. The molecule has 3 heterocycles. The van der Waals surface area contributed by atoms with Crippen LogP contribution in [-0.4, -0.2) is 63.4 Å². The molecule has 1 aliphatic rings. The number of amides is 1. The van der Waals surface area contributed by atoms with E-state index in [1.807, 2.05) is 49.1 Å². The fourth-order valence-corrected chi connectivity index (χ4v) is 4.76. The summed E-state index contributed by atoms with van der Waals surface area (Å²) in [6.07, 6.45) is 4.80. The molecular formula is C24H28N4O4S. The number of nitrogens with zero attached hydrogens (tertiary/aromatic N) is 4. The predicted octanol–water partition coefficient (Wildman–Crippen LogP) is 3.69. The Labute approximate surface area is 197 Å². The number of carbonyl (C=O) groups excluding carboxylic acids is 2. The lowest BCUT2D eigenvalue weighted by atomic mass is 9.97. The highest BCUT2D eigenvalue weighted by Gasteiger charge is 2.28. The summed E-state index contributed by atoms with van der Waals surface area (Å²) in [6, 6.07) is 9.81. The third-order valence-corrected chi connectivity index (χ3v) is 6.59. The zero-order valence-corrected chi connectivity index (χ0v) is 19.7. The average Bonchev–Trinajstić information content (AvgIpc) is 3.28. The van der Waals surface area contributed by atoms with Crippen LogP contribution in [0.15, 0.2) is 47.8 Å². The molecule has 174 valence electrons. The second-order valence-electron chi connectivity index (χ2n) is 7.74. The summed E-state index contributed by atoms with van der Waals surface area (Å²) < 4.78 is 12.4. The van der Waals surface area contributed by atoms with Crippen molar-refractivity contribution in [3.8, 4) is 17.0 Å². The number of ether oxygens (including phenoxy) is 2. The lowest BCUT2D eigenvalue weighted by Gasteiger charge is -2.30. The van der Waals surface area contributed by atoms with Gasteiger partial charge < -0.3 is 14.4 Å². The van der Waals surface area contributed by atoms with Crippen LogP contribution in [0.3, 0.4) is 0 Å². The van der Waals surface area contributed by atoms with Crippen LogP contribution >= 0.6 is 11.8 Å². The quantitative estimate of drug-likeness (QED) is 0.368. The van der Waals surface area contributed by atoms with Crippen molar-refractivity contribution in [3.05, 3.63) is 42.7 Å². The summed E-state index contributed by atoms with van der Waals surface area (Å²) >= 11 is 1.41. The average molecular weight is 469 g/mol. The molecule has 0 spiro atoms. The number of esters is 1. The van der Waals surface area contributed by atoms with Crippen molar-refractivity contribution < 1.29 is 19.1 Å². The highest BCUT2D eigenvalue weighted by Crippen LogP contribution is 2.28. The zero-order chi connectivity index (χ0) is 23.2. The van der Waals surface area contributed by atoms with E-state index in [0.717, 1.165) is 27.5 Å². The summed E-state index contributed by atoms with van der Waals surface area (Å²) in [5, 5.41) is 5.42. The SMILES string of the molecule is CCOC(=O)C1CCN(C(=O)CSc2nccn3nc(-c4ccc(OCC)cc4)cc23)CC1. The van der Waals surface area contributed by atoms with Gasteiger partial charge in [-0.1, -0.05) is 11.8 Å². The number of thioether (sulfide) groups is 1. The fraction of sp³-hybridized carbons (Fsp3) is 0.417. The molecule has 0 N–H and O–H groups in total. The number of benzene rings is 1. The Morgan fingerprint density at radius 2 is 1.88 bits per heavy atom. The third-order valence-electron chi connectivity index (χ3n) is 5.62. The molecule has 0 unspecified atom stereocenters. The van der Waals surface area contributed by atoms with Crippen LogP contribution in [-0.2, 0) is 14.3 Å². The summed E-state index contributed by atoms with van der Waals surface area (Å²) in [6.45, 7) is 5.94. The third kappa shape index (κ3) is 5.47. The molecule has 0 bridgehead atoms. The molecule has 0 radical (unpaired) electrons. The second kappa shape index (κ2) is 10.7. The molecule has 1 saturated heterocycles. The molecule has 0 saturated carbocycles. The van der Waals surface area contributed by atoms with Crippen molar-refractivity contribution in [3.63, 3.8) is 0 Å². The molecule has 33 heavy (non-hydrogen) atoms. The lowest BCUT2D eigenvalue weighted by Crippen LogP contribution is -2.41. The Balaban J connectivity index is 1.39. The first-order chi connectivity index (χ1) is 16.1. The van der Waals surface area contributed by atoms with E-state index < -0.39 is 0 Å². The zero-order valence-electron chi connectivity index (χ0n) is 18.9. The number of fused-ring (bicyclic) bond motifs is 1. The van der Waals surface area contributed by atoms with Crippen molar-refractivity contribution in [2.45, 2.75) is 31.7 Å². The first kappa shape index (κ1) is 23.1. The largest absolute Gasteiger partial charge is 0.494 e. The van der Waals surface area contributed by atoms with Crippen LogP contribution < -0.4 is 4.74 Å². The summed E-state index contributed by atoms with van der Waals surface area (Å²) in [5.41, 5.74) is 2.68. The van der Waals surface area contributed by atoms with Crippen LogP contribution in [0, 0.1) is 5.92 Å². The molecule has 1 aliphatic heterocycles. The highest BCUT2D eigenvalue weighted by molar-refractivity contribution is 8.00. The molecular weight excluding hydrogens is 440 g/mol. The minimum Gasteiger partial charge on any atom is -0.494 e. The van der Waals surface area contributed by atoms with Gasteiger partial charge in [-0.25, -0.2) is 9.50 Å². The summed E-state index contributed by atoms with van der Waals surface area (Å²) in [7, 11) is 0. The van der Waals surface area contributed by atoms with Gasteiger partial charge in [-0.15, -0.1) is 0 Å². The van der Waals surface area contributed by atoms with E-state index in [1.165, 1.54) is 11.8 Å².